The van der Waals surface area contributed by atoms with Gasteiger partial charge in [-0.15, -0.1) is 0 Å². The average molecular weight is 446 g/mol. The highest BCUT2D eigenvalue weighted by Crippen LogP contribution is 2.31. The van der Waals surface area contributed by atoms with Crippen molar-refractivity contribution in [3.8, 4) is 5.69 Å². The van der Waals surface area contributed by atoms with Crippen LogP contribution in [0.1, 0.15) is 34.7 Å². The van der Waals surface area contributed by atoms with Gasteiger partial charge in [-0.25, -0.2) is 9.67 Å². The van der Waals surface area contributed by atoms with Gasteiger partial charge in [-0.05, 0) is 18.6 Å². The van der Waals surface area contributed by atoms with Gasteiger partial charge in [-0.3, -0.25) is 9.59 Å². The number of halogens is 3. The van der Waals surface area contributed by atoms with Crippen LogP contribution < -0.4 is 5.32 Å². The summed E-state index contributed by atoms with van der Waals surface area (Å²) in [5.74, 6) is -0.152. The molecule has 1 N–H and O–H groups in total. The van der Waals surface area contributed by atoms with Crippen molar-refractivity contribution in [2.24, 2.45) is 0 Å². The van der Waals surface area contributed by atoms with E-state index in [-0.39, 0.29) is 18.9 Å². The molecule has 0 radical (unpaired) electrons. The number of fused-ring (bicyclic) bond motifs is 1. The van der Waals surface area contributed by atoms with Crippen molar-refractivity contribution in [3.63, 3.8) is 0 Å². The molecule has 0 saturated heterocycles. The van der Waals surface area contributed by atoms with Crippen LogP contribution >= 0.6 is 0 Å². The number of benzene rings is 1. The van der Waals surface area contributed by atoms with E-state index in [1.165, 1.54) is 0 Å². The Morgan fingerprint density at radius 3 is 2.66 bits per heavy atom. The molecule has 0 atom stereocenters. The van der Waals surface area contributed by atoms with Crippen molar-refractivity contribution in [3.05, 3.63) is 66.0 Å². The first-order valence-corrected chi connectivity index (χ1v) is 10.1. The Kier molecular flexibility index (Phi) is 5.97. The molecule has 4 rings (SSSR count). The summed E-state index contributed by atoms with van der Waals surface area (Å²) in [6.07, 6.45) is 0.326. The van der Waals surface area contributed by atoms with Gasteiger partial charge in [0.2, 0.25) is 5.91 Å². The average Bonchev–Trinajstić information content (AvgIpc) is 3.43. The molecule has 0 aliphatic carbocycles. The molecule has 0 saturated carbocycles. The molecule has 3 heterocycles. The van der Waals surface area contributed by atoms with Crippen molar-refractivity contribution in [2.45, 2.75) is 32.1 Å². The molecule has 2 aromatic heterocycles. The third kappa shape index (κ3) is 4.66. The molecular weight excluding hydrogens is 425 g/mol. The van der Waals surface area contributed by atoms with Crippen LogP contribution in [0.3, 0.4) is 0 Å². The summed E-state index contributed by atoms with van der Waals surface area (Å²) >= 11 is 0. The van der Waals surface area contributed by atoms with Gasteiger partial charge in [0, 0.05) is 44.6 Å². The Labute approximate surface area is 181 Å². The molecule has 11 heteroatoms. The zero-order valence-electron chi connectivity index (χ0n) is 17.0. The fourth-order valence-corrected chi connectivity index (χ4v) is 3.54. The van der Waals surface area contributed by atoms with Crippen LogP contribution in [0.5, 0.6) is 0 Å². The van der Waals surface area contributed by atoms with E-state index < -0.39 is 23.3 Å². The van der Waals surface area contributed by atoms with Gasteiger partial charge in [0.1, 0.15) is 5.82 Å². The van der Waals surface area contributed by atoms with Crippen LogP contribution in [0.15, 0.2) is 48.9 Å². The monoisotopic (exact) mass is 446 g/mol. The summed E-state index contributed by atoms with van der Waals surface area (Å²) in [7, 11) is 0. The standard InChI is InChI=1S/C21H21F3N6O2/c22-21(23,24)19-16(13-30(27-19)15-5-2-1-3-6-15)20(32)26-8-4-7-18(31)29-12-11-28-10-9-25-17(28)14-29/h1-3,5-6,9-10,13H,4,7-8,11-12,14H2,(H,26,32). The fourth-order valence-electron chi connectivity index (χ4n) is 3.54. The number of alkyl halides is 3. The molecule has 1 aliphatic heterocycles. The summed E-state index contributed by atoms with van der Waals surface area (Å²) < 4.78 is 43.2. The Balaban J connectivity index is 1.34. The highest BCUT2D eigenvalue weighted by molar-refractivity contribution is 5.95. The van der Waals surface area contributed by atoms with Crippen LogP contribution in [0.4, 0.5) is 13.2 Å². The Hall–Kier alpha value is -3.63. The molecule has 32 heavy (non-hydrogen) atoms. The minimum absolute atomic E-state index is 0.0703. The number of rotatable bonds is 6. The van der Waals surface area contributed by atoms with Gasteiger partial charge in [-0.1, -0.05) is 18.2 Å². The maximum absolute atomic E-state index is 13.4. The van der Waals surface area contributed by atoms with E-state index in [4.69, 9.17) is 0 Å². The number of para-hydroxylation sites is 1. The first-order valence-electron chi connectivity index (χ1n) is 10.1. The van der Waals surface area contributed by atoms with Crippen LogP contribution in [0.25, 0.3) is 5.69 Å². The summed E-state index contributed by atoms with van der Waals surface area (Å²) in [5, 5.41) is 6.03. The lowest BCUT2D eigenvalue weighted by atomic mass is 10.2. The first kappa shape index (κ1) is 21.6. The minimum atomic E-state index is -4.78. The SMILES string of the molecule is O=C(NCCCC(=O)N1CCn2ccnc2C1)c1cn(-c2ccccc2)nc1C(F)(F)F. The largest absolute Gasteiger partial charge is 0.435 e. The summed E-state index contributed by atoms with van der Waals surface area (Å²) in [6, 6.07) is 8.24. The maximum atomic E-state index is 13.4. The van der Waals surface area contributed by atoms with E-state index in [0.29, 0.717) is 31.7 Å². The smallest absolute Gasteiger partial charge is 0.352 e. The quantitative estimate of drug-likeness (QED) is 0.590. The molecule has 168 valence electrons. The first-order chi connectivity index (χ1) is 15.3. The minimum Gasteiger partial charge on any atom is -0.352 e. The maximum Gasteiger partial charge on any atom is 0.435 e. The van der Waals surface area contributed by atoms with E-state index in [2.05, 4.69) is 15.4 Å². The van der Waals surface area contributed by atoms with Crippen molar-refractivity contribution in [2.75, 3.05) is 13.1 Å². The zero-order chi connectivity index (χ0) is 22.7. The van der Waals surface area contributed by atoms with E-state index in [0.717, 1.165) is 16.7 Å². The number of hydrogen-bond acceptors (Lipinski definition) is 4. The lowest BCUT2D eigenvalue weighted by molar-refractivity contribution is -0.141. The van der Waals surface area contributed by atoms with Gasteiger partial charge in [0.25, 0.3) is 5.91 Å². The van der Waals surface area contributed by atoms with Crippen molar-refractivity contribution >= 4 is 11.8 Å². The van der Waals surface area contributed by atoms with E-state index in [9.17, 15) is 22.8 Å². The molecule has 8 nitrogen and oxygen atoms in total. The molecule has 1 aromatic carbocycles. The normalized spacial score (nSPS) is 13.7. The second-order valence-corrected chi connectivity index (χ2v) is 7.38. The van der Waals surface area contributed by atoms with Crippen LogP contribution in [0.2, 0.25) is 0 Å². The number of imidazole rings is 1. The van der Waals surface area contributed by atoms with Crippen LogP contribution in [-0.4, -0.2) is 49.1 Å². The second-order valence-electron chi connectivity index (χ2n) is 7.38. The highest BCUT2D eigenvalue weighted by atomic mass is 19.4. The topological polar surface area (TPSA) is 85.0 Å². The Morgan fingerprint density at radius 1 is 1.12 bits per heavy atom. The fraction of sp³-hybridized carbons (Fsp3) is 0.333. The number of carbonyl (C=O) groups is 2. The Morgan fingerprint density at radius 2 is 1.91 bits per heavy atom. The van der Waals surface area contributed by atoms with Gasteiger partial charge in [-0.2, -0.15) is 18.3 Å². The number of amides is 2. The lowest BCUT2D eigenvalue weighted by Crippen LogP contribution is -2.38. The van der Waals surface area contributed by atoms with Crippen LogP contribution in [-0.2, 0) is 24.1 Å². The Bertz CT molecular complexity index is 1110. The number of carbonyl (C=O) groups excluding carboxylic acids is 2. The van der Waals surface area contributed by atoms with Gasteiger partial charge >= 0.3 is 6.18 Å². The summed E-state index contributed by atoms with van der Waals surface area (Å²) in [5.41, 5.74) is -1.40. The number of nitrogens with one attached hydrogen (secondary N) is 1. The third-order valence-electron chi connectivity index (χ3n) is 5.20. The molecule has 0 fully saturated rings. The molecule has 0 spiro atoms. The van der Waals surface area contributed by atoms with Crippen molar-refractivity contribution in [1.29, 1.82) is 0 Å². The second kappa shape index (κ2) is 8.85. The van der Waals surface area contributed by atoms with E-state index in [1.54, 1.807) is 41.4 Å². The van der Waals surface area contributed by atoms with Gasteiger partial charge in [0.15, 0.2) is 5.69 Å². The van der Waals surface area contributed by atoms with Gasteiger partial charge in [0.05, 0.1) is 17.8 Å². The predicted molar refractivity (Wildman–Crippen MR) is 108 cm³/mol. The van der Waals surface area contributed by atoms with E-state index in [1.807, 2.05) is 10.8 Å². The van der Waals surface area contributed by atoms with Crippen molar-refractivity contribution in [1.82, 2.24) is 29.5 Å². The molecule has 0 bridgehead atoms. The third-order valence-corrected chi connectivity index (χ3v) is 5.20. The molecular formula is C21H21F3N6O2. The van der Waals surface area contributed by atoms with Crippen molar-refractivity contribution < 1.29 is 22.8 Å². The highest BCUT2D eigenvalue weighted by Gasteiger charge is 2.39. The number of nitrogens with zero attached hydrogens (tertiary/aromatic N) is 5. The predicted octanol–water partition coefficient (Wildman–Crippen LogP) is 2.64. The number of aromatic nitrogens is 4. The summed E-state index contributed by atoms with van der Waals surface area (Å²) in [4.78, 5) is 30.7. The number of hydrogen-bond donors (Lipinski definition) is 1. The summed E-state index contributed by atoms with van der Waals surface area (Å²) in [6.45, 7) is 1.73. The zero-order valence-corrected chi connectivity index (χ0v) is 17.0. The van der Waals surface area contributed by atoms with Crippen LogP contribution in [0, 0.1) is 0 Å². The molecule has 2 amide bonds. The molecule has 3 aromatic rings. The lowest BCUT2D eigenvalue weighted by Gasteiger charge is -2.27. The van der Waals surface area contributed by atoms with Gasteiger partial charge < -0.3 is 14.8 Å². The molecule has 0 unspecified atom stereocenters. The van der Waals surface area contributed by atoms with E-state index >= 15 is 0 Å². The molecule has 1 aliphatic rings.